The SMILES string of the molecule is CCOP(=O)(Cc1ccc(-c2noc(C(F)(F)Cl)n2)cn1)Nc1ccc(F)cc1F. The van der Waals surface area contributed by atoms with Gasteiger partial charge in [0.2, 0.25) is 5.82 Å². The summed E-state index contributed by atoms with van der Waals surface area (Å²) >= 11 is 4.83. The Labute approximate surface area is 172 Å². The van der Waals surface area contributed by atoms with Crippen LogP contribution in [0.3, 0.4) is 0 Å². The zero-order chi connectivity index (χ0) is 21.9. The fourth-order valence-electron chi connectivity index (χ4n) is 2.41. The molecule has 1 atom stereocenters. The van der Waals surface area contributed by atoms with E-state index in [1.54, 1.807) is 6.92 Å². The van der Waals surface area contributed by atoms with E-state index in [4.69, 9.17) is 16.1 Å². The van der Waals surface area contributed by atoms with Gasteiger partial charge >= 0.3 is 11.3 Å². The molecule has 7 nitrogen and oxygen atoms in total. The number of alkyl halides is 3. The summed E-state index contributed by atoms with van der Waals surface area (Å²) in [4.78, 5) is 7.58. The number of pyridine rings is 1. The maximum Gasteiger partial charge on any atom is 0.400 e. The quantitative estimate of drug-likeness (QED) is 0.266. The normalized spacial score (nSPS) is 13.8. The average Bonchev–Trinajstić information content (AvgIpc) is 3.15. The Morgan fingerprint density at radius 3 is 2.60 bits per heavy atom. The molecule has 3 aromatic rings. The molecule has 0 amide bonds. The van der Waals surface area contributed by atoms with E-state index >= 15 is 0 Å². The van der Waals surface area contributed by atoms with Crippen LogP contribution >= 0.6 is 19.1 Å². The summed E-state index contributed by atoms with van der Waals surface area (Å²) < 4.78 is 75.7. The molecule has 0 fully saturated rings. The monoisotopic (exact) mass is 464 g/mol. The van der Waals surface area contributed by atoms with Crippen molar-refractivity contribution in [2.24, 2.45) is 0 Å². The van der Waals surface area contributed by atoms with Gasteiger partial charge in [-0.25, -0.2) is 8.78 Å². The Morgan fingerprint density at radius 2 is 2.03 bits per heavy atom. The molecule has 0 bridgehead atoms. The molecular formula is C17H14ClF4N4O3P. The van der Waals surface area contributed by atoms with Gasteiger partial charge in [-0.3, -0.25) is 9.55 Å². The Morgan fingerprint density at radius 1 is 1.27 bits per heavy atom. The van der Waals surface area contributed by atoms with Crippen LogP contribution in [0.5, 0.6) is 0 Å². The molecule has 1 aromatic carbocycles. The fourth-order valence-corrected chi connectivity index (χ4v) is 4.30. The summed E-state index contributed by atoms with van der Waals surface area (Å²) in [7, 11) is -3.65. The molecule has 0 spiro atoms. The molecule has 30 heavy (non-hydrogen) atoms. The highest BCUT2D eigenvalue weighted by molar-refractivity contribution is 7.59. The van der Waals surface area contributed by atoms with Gasteiger partial charge in [0.05, 0.1) is 24.2 Å². The standard InChI is InChI=1S/C17H14ClF4N4O3P/c1-2-28-30(27,26-14-6-4-11(19)7-13(14)20)9-12-5-3-10(8-23-12)15-24-16(29-25-15)17(18,21)22/h3-8H,2,9H2,1H3,(H,26,27). The van der Waals surface area contributed by atoms with Crippen molar-refractivity contribution in [2.45, 2.75) is 18.5 Å². The number of halogens is 5. The zero-order valence-corrected chi connectivity index (χ0v) is 16.9. The van der Waals surface area contributed by atoms with Crippen LogP contribution in [0.15, 0.2) is 41.1 Å². The number of hydrogen-bond acceptors (Lipinski definition) is 6. The Balaban J connectivity index is 1.79. The Kier molecular flexibility index (Phi) is 6.44. The van der Waals surface area contributed by atoms with Crippen molar-refractivity contribution in [1.29, 1.82) is 0 Å². The number of benzene rings is 1. The molecule has 0 aliphatic heterocycles. The lowest BCUT2D eigenvalue weighted by Gasteiger charge is -2.20. The van der Waals surface area contributed by atoms with Gasteiger partial charge in [-0.05, 0) is 42.8 Å². The average molecular weight is 465 g/mol. The van der Waals surface area contributed by atoms with E-state index in [-0.39, 0.29) is 35.5 Å². The molecular weight excluding hydrogens is 451 g/mol. The first kappa shape index (κ1) is 22.2. The predicted octanol–water partition coefficient (Wildman–Crippen LogP) is 5.54. The molecule has 2 heterocycles. The van der Waals surface area contributed by atoms with Crippen LogP contribution in [0.2, 0.25) is 0 Å². The van der Waals surface area contributed by atoms with E-state index in [1.807, 2.05) is 0 Å². The summed E-state index contributed by atoms with van der Waals surface area (Å²) in [6.45, 7) is 1.66. The van der Waals surface area contributed by atoms with Gasteiger partial charge in [0.15, 0.2) is 0 Å². The molecule has 2 aromatic heterocycles. The summed E-state index contributed by atoms with van der Waals surface area (Å²) in [6.07, 6.45) is 1.03. The summed E-state index contributed by atoms with van der Waals surface area (Å²) in [5.41, 5.74) is 0.349. The Hall–Kier alpha value is -2.49. The first-order valence-electron chi connectivity index (χ1n) is 8.43. The molecule has 160 valence electrons. The zero-order valence-electron chi connectivity index (χ0n) is 15.3. The van der Waals surface area contributed by atoms with Gasteiger partial charge < -0.3 is 14.1 Å². The minimum absolute atomic E-state index is 0.0590. The molecule has 0 saturated heterocycles. The van der Waals surface area contributed by atoms with E-state index < -0.39 is 30.4 Å². The highest BCUT2D eigenvalue weighted by Gasteiger charge is 2.35. The molecule has 1 unspecified atom stereocenters. The molecule has 13 heteroatoms. The second kappa shape index (κ2) is 8.71. The second-order valence-corrected chi connectivity index (χ2v) is 8.56. The van der Waals surface area contributed by atoms with Crippen LogP contribution in [0.1, 0.15) is 18.5 Å². The Bertz CT molecular complexity index is 1080. The second-order valence-electron chi connectivity index (χ2n) is 5.94. The fraction of sp³-hybridized carbons (Fsp3) is 0.235. The number of hydrogen-bond donors (Lipinski definition) is 1. The third kappa shape index (κ3) is 5.35. The van der Waals surface area contributed by atoms with Crippen LogP contribution in [0.25, 0.3) is 11.4 Å². The van der Waals surface area contributed by atoms with Gasteiger partial charge in [0.25, 0.3) is 7.52 Å². The van der Waals surface area contributed by atoms with Crippen molar-refractivity contribution in [3.63, 3.8) is 0 Å². The van der Waals surface area contributed by atoms with Crippen molar-refractivity contribution in [3.05, 3.63) is 59.7 Å². The topological polar surface area (TPSA) is 90.1 Å². The van der Waals surface area contributed by atoms with Gasteiger partial charge in [0, 0.05) is 17.8 Å². The highest BCUT2D eigenvalue weighted by Crippen LogP contribution is 2.50. The third-order valence-corrected chi connectivity index (χ3v) is 5.84. The van der Waals surface area contributed by atoms with Crippen molar-refractivity contribution in [3.8, 4) is 11.4 Å². The van der Waals surface area contributed by atoms with Crippen LogP contribution in [-0.4, -0.2) is 21.7 Å². The van der Waals surface area contributed by atoms with Crippen molar-refractivity contribution in [1.82, 2.24) is 15.1 Å². The van der Waals surface area contributed by atoms with E-state index in [0.29, 0.717) is 6.07 Å². The number of rotatable bonds is 8. The molecule has 0 saturated carbocycles. The van der Waals surface area contributed by atoms with E-state index in [0.717, 1.165) is 12.1 Å². The molecule has 0 aliphatic carbocycles. The van der Waals surface area contributed by atoms with Crippen LogP contribution in [0, 0.1) is 11.6 Å². The lowest BCUT2D eigenvalue weighted by Crippen LogP contribution is -2.06. The summed E-state index contributed by atoms with van der Waals surface area (Å²) in [6, 6.07) is 5.65. The first-order valence-corrected chi connectivity index (χ1v) is 10.6. The van der Waals surface area contributed by atoms with Gasteiger partial charge in [-0.15, -0.1) is 0 Å². The molecule has 0 radical (unpaired) electrons. The van der Waals surface area contributed by atoms with E-state index in [2.05, 4.69) is 24.7 Å². The van der Waals surface area contributed by atoms with Crippen LogP contribution < -0.4 is 5.09 Å². The highest BCUT2D eigenvalue weighted by atomic mass is 35.5. The number of anilines is 1. The predicted molar refractivity (Wildman–Crippen MR) is 100 cm³/mol. The van der Waals surface area contributed by atoms with Gasteiger partial charge in [0.1, 0.15) is 11.6 Å². The summed E-state index contributed by atoms with van der Waals surface area (Å²) in [5.74, 6) is -2.93. The van der Waals surface area contributed by atoms with Crippen molar-refractivity contribution >= 4 is 24.8 Å². The smallest absolute Gasteiger partial charge is 0.331 e. The van der Waals surface area contributed by atoms with Gasteiger partial charge in [-0.1, -0.05) is 5.16 Å². The number of aromatic nitrogens is 3. The summed E-state index contributed by atoms with van der Waals surface area (Å²) in [5, 5.41) is 2.08. The number of nitrogens with one attached hydrogen (secondary N) is 1. The van der Waals surface area contributed by atoms with Crippen LogP contribution in [-0.2, 0) is 20.6 Å². The first-order chi connectivity index (χ1) is 14.1. The maximum atomic E-state index is 13.9. The minimum atomic E-state index is -3.80. The number of nitrogens with zero attached hydrogens (tertiary/aromatic N) is 3. The maximum absolute atomic E-state index is 13.9. The third-order valence-electron chi connectivity index (χ3n) is 3.68. The molecule has 0 aliphatic rings. The van der Waals surface area contributed by atoms with Crippen molar-refractivity contribution < 1.29 is 31.2 Å². The largest absolute Gasteiger partial charge is 0.400 e. The lowest BCUT2D eigenvalue weighted by atomic mass is 10.2. The molecule has 1 N–H and O–H groups in total. The van der Waals surface area contributed by atoms with Crippen LogP contribution in [0.4, 0.5) is 23.2 Å². The molecule has 3 rings (SSSR count). The van der Waals surface area contributed by atoms with Crippen molar-refractivity contribution in [2.75, 3.05) is 11.7 Å². The minimum Gasteiger partial charge on any atom is -0.331 e. The lowest BCUT2D eigenvalue weighted by molar-refractivity contribution is 0.0551. The van der Waals surface area contributed by atoms with E-state index in [9.17, 15) is 22.1 Å². The van der Waals surface area contributed by atoms with E-state index in [1.165, 1.54) is 18.3 Å². The van der Waals surface area contributed by atoms with Gasteiger partial charge in [-0.2, -0.15) is 13.8 Å².